The van der Waals surface area contributed by atoms with E-state index in [0.717, 1.165) is 32.3 Å². The van der Waals surface area contributed by atoms with Gasteiger partial charge in [0, 0.05) is 32.4 Å². The van der Waals surface area contributed by atoms with Gasteiger partial charge in [0.2, 0.25) is 5.90 Å². The molecule has 0 spiro atoms. The minimum Gasteiger partial charge on any atom is -0.402 e. The normalized spacial score (nSPS) is 15.2. The fourth-order valence-electron chi connectivity index (χ4n) is 2.69. The standard InChI is InChI=1S/C20H18BrIN2O2/c1-3-24(4-2)15-8-5-13(6-9-15)11-18-20(25)26-19(23-18)14-7-10-17(22)16(21)12-14/h5-12H,3-4H2,1-2H3/b18-11-. The van der Waals surface area contributed by atoms with E-state index in [-0.39, 0.29) is 0 Å². The second-order valence-corrected chi connectivity index (χ2v) is 7.75. The number of carbonyl (C=O) groups is 1. The van der Waals surface area contributed by atoms with Gasteiger partial charge in [0.15, 0.2) is 5.70 Å². The molecule has 1 heterocycles. The summed E-state index contributed by atoms with van der Waals surface area (Å²) in [5, 5.41) is 0. The maximum Gasteiger partial charge on any atom is 0.363 e. The zero-order valence-corrected chi connectivity index (χ0v) is 18.2. The van der Waals surface area contributed by atoms with E-state index >= 15 is 0 Å². The molecule has 0 unspecified atom stereocenters. The van der Waals surface area contributed by atoms with Crippen molar-refractivity contribution in [3.63, 3.8) is 0 Å². The predicted molar refractivity (Wildman–Crippen MR) is 117 cm³/mol. The minimum atomic E-state index is -0.428. The quantitative estimate of drug-likeness (QED) is 0.305. The van der Waals surface area contributed by atoms with Gasteiger partial charge in [0.25, 0.3) is 0 Å². The second kappa shape index (κ2) is 8.35. The largest absolute Gasteiger partial charge is 0.402 e. The number of hydrogen-bond acceptors (Lipinski definition) is 4. The third kappa shape index (κ3) is 4.17. The van der Waals surface area contributed by atoms with Crippen LogP contribution in [0.25, 0.3) is 6.08 Å². The maximum absolute atomic E-state index is 12.2. The number of hydrogen-bond donors (Lipinski definition) is 0. The number of anilines is 1. The van der Waals surface area contributed by atoms with E-state index in [9.17, 15) is 4.79 Å². The molecule has 2 aromatic carbocycles. The van der Waals surface area contributed by atoms with Crippen molar-refractivity contribution in [2.75, 3.05) is 18.0 Å². The highest BCUT2D eigenvalue weighted by Crippen LogP contribution is 2.25. The summed E-state index contributed by atoms with van der Waals surface area (Å²) in [4.78, 5) is 18.8. The number of nitrogens with zero attached hydrogens (tertiary/aromatic N) is 2. The SMILES string of the molecule is CCN(CC)c1ccc(/C=C2\N=C(c3ccc(I)c(Br)c3)OC2=O)cc1. The molecule has 26 heavy (non-hydrogen) atoms. The van der Waals surface area contributed by atoms with Crippen molar-refractivity contribution in [1.29, 1.82) is 0 Å². The average Bonchev–Trinajstić information content (AvgIpc) is 3.00. The van der Waals surface area contributed by atoms with Crippen molar-refractivity contribution in [3.8, 4) is 0 Å². The molecule has 3 rings (SSSR count). The maximum atomic E-state index is 12.2. The summed E-state index contributed by atoms with van der Waals surface area (Å²) < 4.78 is 7.36. The van der Waals surface area contributed by atoms with Gasteiger partial charge in [-0.15, -0.1) is 0 Å². The lowest BCUT2D eigenvalue weighted by atomic mass is 10.1. The zero-order valence-electron chi connectivity index (χ0n) is 14.5. The van der Waals surface area contributed by atoms with Crippen molar-refractivity contribution in [2.45, 2.75) is 13.8 Å². The number of esters is 1. The van der Waals surface area contributed by atoms with E-state index in [1.807, 2.05) is 30.3 Å². The molecule has 1 aliphatic rings. The molecule has 0 N–H and O–H groups in total. The Bertz CT molecular complexity index is 887. The molecule has 0 bridgehead atoms. The third-order valence-electron chi connectivity index (χ3n) is 4.11. The van der Waals surface area contributed by atoms with Crippen LogP contribution in [0.1, 0.15) is 25.0 Å². The van der Waals surface area contributed by atoms with Crippen LogP contribution in [-0.2, 0) is 9.53 Å². The first kappa shape index (κ1) is 19.1. The Balaban J connectivity index is 1.85. The molecular formula is C20H18BrIN2O2. The summed E-state index contributed by atoms with van der Waals surface area (Å²) in [7, 11) is 0. The molecule has 1 aliphatic heterocycles. The Morgan fingerprint density at radius 3 is 2.46 bits per heavy atom. The van der Waals surface area contributed by atoms with Crippen LogP contribution < -0.4 is 4.90 Å². The Labute approximate surface area is 175 Å². The molecule has 134 valence electrons. The molecule has 0 amide bonds. The van der Waals surface area contributed by atoms with Gasteiger partial charge >= 0.3 is 5.97 Å². The minimum absolute atomic E-state index is 0.310. The van der Waals surface area contributed by atoms with Crippen LogP contribution in [0.15, 0.2) is 57.6 Å². The van der Waals surface area contributed by atoms with Crippen LogP contribution in [0.4, 0.5) is 5.69 Å². The molecular weight excluding hydrogens is 507 g/mol. The first-order valence-corrected chi connectivity index (χ1v) is 10.2. The molecule has 0 aromatic heterocycles. The Morgan fingerprint density at radius 1 is 1.15 bits per heavy atom. The Kier molecular flexibility index (Phi) is 6.13. The first-order chi connectivity index (χ1) is 12.5. The van der Waals surface area contributed by atoms with Gasteiger partial charge in [-0.3, -0.25) is 0 Å². The van der Waals surface area contributed by atoms with Crippen LogP contribution in [0.2, 0.25) is 0 Å². The lowest BCUT2D eigenvalue weighted by molar-refractivity contribution is -0.129. The molecule has 0 fully saturated rings. The summed E-state index contributed by atoms with van der Waals surface area (Å²) in [6.07, 6.45) is 1.75. The monoisotopic (exact) mass is 524 g/mol. The third-order valence-corrected chi connectivity index (χ3v) is 6.45. The van der Waals surface area contributed by atoms with E-state index in [1.54, 1.807) is 6.08 Å². The predicted octanol–water partition coefficient (Wildman–Crippen LogP) is 5.24. The van der Waals surface area contributed by atoms with Crippen LogP contribution in [0.5, 0.6) is 0 Å². The van der Waals surface area contributed by atoms with Gasteiger partial charge in [0.1, 0.15) is 0 Å². The van der Waals surface area contributed by atoms with Gasteiger partial charge in [-0.25, -0.2) is 9.79 Å². The van der Waals surface area contributed by atoms with Crippen molar-refractivity contribution >= 4 is 62.2 Å². The number of halogens is 2. The van der Waals surface area contributed by atoms with Gasteiger partial charge in [0.05, 0.1) is 0 Å². The summed E-state index contributed by atoms with van der Waals surface area (Å²) >= 11 is 5.72. The molecule has 4 nitrogen and oxygen atoms in total. The van der Waals surface area contributed by atoms with Crippen LogP contribution in [0, 0.1) is 3.57 Å². The number of cyclic esters (lactones) is 1. The lowest BCUT2D eigenvalue weighted by Crippen LogP contribution is -2.21. The van der Waals surface area contributed by atoms with Crippen LogP contribution >= 0.6 is 38.5 Å². The molecule has 0 atom stereocenters. The average molecular weight is 525 g/mol. The van der Waals surface area contributed by atoms with Crippen LogP contribution in [0.3, 0.4) is 0 Å². The van der Waals surface area contributed by atoms with Gasteiger partial charge in [-0.1, -0.05) is 12.1 Å². The smallest absolute Gasteiger partial charge is 0.363 e. The molecule has 2 aromatic rings. The number of carbonyl (C=O) groups excluding carboxylic acids is 1. The van der Waals surface area contributed by atoms with Crippen molar-refractivity contribution in [3.05, 3.63) is 67.3 Å². The van der Waals surface area contributed by atoms with Crippen molar-refractivity contribution < 1.29 is 9.53 Å². The van der Waals surface area contributed by atoms with Crippen molar-refractivity contribution in [2.24, 2.45) is 4.99 Å². The van der Waals surface area contributed by atoms with E-state index in [2.05, 4.69) is 74.4 Å². The van der Waals surface area contributed by atoms with E-state index in [4.69, 9.17) is 4.74 Å². The molecule has 0 saturated carbocycles. The number of aliphatic imine (C=N–C) groups is 1. The summed E-state index contributed by atoms with van der Waals surface area (Å²) in [5.41, 5.74) is 3.16. The summed E-state index contributed by atoms with van der Waals surface area (Å²) in [6, 6.07) is 13.8. The Morgan fingerprint density at radius 2 is 1.85 bits per heavy atom. The first-order valence-electron chi connectivity index (χ1n) is 8.34. The number of benzene rings is 2. The molecule has 0 saturated heterocycles. The van der Waals surface area contributed by atoms with E-state index in [1.165, 1.54) is 5.69 Å². The number of ether oxygens (including phenoxy) is 1. The Hall–Kier alpha value is -1.67. The highest BCUT2D eigenvalue weighted by Gasteiger charge is 2.24. The summed E-state index contributed by atoms with van der Waals surface area (Å²) in [6.45, 7) is 6.19. The van der Waals surface area contributed by atoms with E-state index in [0.29, 0.717) is 11.6 Å². The second-order valence-electron chi connectivity index (χ2n) is 5.73. The highest BCUT2D eigenvalue weighted by molar-refractivity contribution is 14.1. The lowest BCUT2D eigenvalue weighted by Gasteiger charge is -2.20. The molecule has 0 aliphatic carbocycles. The fraction of sp³-hybridized carbons (Fsp3) is 0.200. The van der Waals surface area contributed by atoms with E-state index < -0.39 is 5.97 Å². The number of rotatable bonds is 5. The zero-order chi connectivity index (χ0) is 18.7. The summed E-state index contributed by atoms with van der Waals surface area (Å²) in [5.74, 6) is -0.0967. The molecule has 0 radical (unpaired) electrons. The van der Waals surface area contributed by atoms with Crippen molar-refractivity contribution in [1.82, 2.24) is 0 Å². The highest BCUT2D eigenvalue weighted by atomic mass is 127. The van der Waals surface area contributed by atoms with Crippen LogP contribution in [-0.4, -0.2) is 25.0 Å². The molecule has 6 heteroatoms. The van der Waals surface area contributed by atoms with Gasteiger partial charge in [-0.05, 0) is 94.3 Å². The topological polar surface area (TPSA) is 41.9 Å². The fourth-order valence-corrected chi connectivity index (χ4v) is 3.40. The van der Waals surface area contributed by atoms with Gasteiger partial charge in [-0.2, -0.15) is 0 Å². The van der Waals surface area contributed by atoms with Gasteiger partial charge < -0.3 is 9.64 Å².